The molecule has 1 heterocycles. The fourth-order valence-corrected chi connectivity index (χ4v) is 2.58. The molecule has 3 rings (SSSR count). The van der Waals surface area contributed by atoms with E-state index in [2.05, 4.69) is 0 Å². The molecule has 2 aromatic carbocycles. The SMILES string of the molecule is C[C@@H](Oc1cccc2ccccc12)C(=O)N1CCOCC1. The molecule has 1 amide bonds. The van der Waals surface area contributed by atoms with Crippen molar-refractivity contribution >= 4 is 16.7 Å². The molecule has 21 heavy (non-hydrogen) atoms. The van der Waals surface area contributed by atoms with Gasteiger partial charge in [-0.3, -0.25) is 4.79 Å². The Kier molecular flexibility index (Phi) is 4.06. The van der Waals surface area contributed by atoms with E-state index in [-0.39, 0.29) is 5.91 Å². The number of hydrogen-bond acceptors (Lipinski definition) is 3. The average Bonchev–Trinajstić information content (AvgIpc) is 2.55. The Balaban J connectivity index is 1.76. The molecule has 0 aliphatic carbocycles. The van der Waals surface area contributed by atoms with Crippen molar-refractivity contribution in [3.05, 3.63) is 42.5 Å². The Bertz CT molecular complexity index is 629. The van der Waals surface area contributed by atoms with E-state index in [0.717, 1.165) is 16.5 Å². The van der Waals surface area contributed by atoms with Crippen molar-refractivity contribution in [1.82, 2.24) is 4.90 Å². The summed E-state index contributed by atoms with van der Waals surface area (Å²) in [6.45, 7) is 4.29. The van der Waals surface area contributed by atoms with Gasteiger partial charge in [0.25, 0.3) is 5.91 Å². The molecule has 1 aliphatic heterocycles. The first kappa shape index (κ1) is 13.9. The van der Waals surface area contributed by atoms with Crippen molar-refractivity contribution in [2.75, 3.05) is 26.3 Å². The van der Waals surface area contributed by atoms with E-state index in [1.165, 1.54) is 0 Å². The van der Waals surface area contributed by atoms with Gasteiger partial charge in [-0.05, 0) is 18.4 Å². The van der Waals surface area contributed by atoms with Crippen molar-refractivity contribution in [3.63, 3.8) is 0 Å². The summed E-state index contributed by atoms with van der Waals surface area (Å²) in [4.78, 5) is 14.2. The molecule has 0 unspecified atom stereocenters. The van der Waals surface area contributed by atoms with Gasteiger partial charge in [-0.25, -0.2) is 0 Å². The van der Waals surface area contributed by atoms with Gasteiger partial charge < -0.3 is 14.4 Å². The quantitative estimate of drug-likeness (QED) is 0.869. The highest BCUT2D eigenvalue weighted by Gasteiger charge is 2.24. The second-order valence-electron chi connectivity index (χ2n) is 5.18. The van der Waals surface area contributed by atoms with Gasteiger partial charge in [0.1, 0.15) is 5.75 Å². The molecule has 0 saturated carbocycles. The van der Waals surface area contributed by atoms with Gasteiger partial charge in [-0.2, -0.15) is 0 Å². The number of nitrogens with zero attached hydrogens (tertiary/aromatic N) is 1. The van der Waals surface area contributed by atoms with Crippen LogP contribution in [-0.4, -0.2) is 43.2 Å². The monoisotopic (exact) mass is 285 g/mol. The van der Waals surface area contributed by atoms with Crippen LogP contribution in [-0.2, 0) is 9.53 Å². The van der Waals surface area contributed by atoms with E-state index in [1.54, 1.807) is 11.8 Å². The van der Waals surface area contributed by atoms with Crippen LogP contribution in [0.5, 0.6) is 5.75 Å². The number of fused-ring (bicyclic) bond motifs is 1. The highest BCUT2D eigenvalue weighted by atomic mass is 16.5. The van der Waals surface area contributed by atoms with Crippen LogP contribution in [0.4, 0.5) is 0 Å². The third-order valence-electron chi connectivity index (χ3n) is 3.72. The molecule has 110 valence electrons. The van der Waals surface area contributed by atoms with Crippen LogP contribution in [0.1, 0.15) is 6.92 Å². The molecule has 4 heteroatoms. The summed E-state index contributed by atoms with van der Waals surface area (Å²) in [6.07, 6.45) is -0.492. The molecule has 4 nitrogen and oxygen atoms in total. The molecule has 1 fully saturated rings. The summed E-state index contributed by atoms with van der Waals surface area (Å²) in [6, 6.07) is 13.9. The average molecular weight is 285 g/mol. The molecular formula is C17H19NO3. The van der Waals surface area contributed by atoms with Crippen LogP contribution < -0.4 is 4.74 Å². The number of carbonyl (C=O) groups is 1. The molecule has 0 spiro atoms. The standard InChI is InChI=1S/C17H19NO3/c1-13(17(19)18-9-11-20-12-10-18)21-16-8-4-6-14-5-2-3-7-15(14)16/h2-8,13H,9-12H2,1H3/t13-/m1/s1. The normalized spacial score (nSPS) is 16.7. The van der Waals surface area contributed by atoms with Crippen LogP contribution in [0, 0.1) is 0 Å². The minimum atomic E-state index is -0.492. The first-order valence-corrected chi connectivity index (χ1v) is 7.26. The van der Waals surface area contributed by atoms with Crippen molar-refractivity contribution in [2.45, 2.75) is 13.0 Å². The van der Waals surface area contributed by atoms with Crippen molar-refractivity contribution in [2.24, 2.45) is 0 Å². The van der Waals surface area contributed by atoms with Crippen LogP contribution >= 0.6 is 0 Å². The number of benzene rings is 2. The Morgan fingerprint density at radius 1 is 1.14 bits per heavy atom. The predicted octanol–water partition coefficient (Wildman–Crippen LogP) is 2.47. The first-order chi connectivity index (χ1) is 10.3. The van der Waals surface area contributed by atoms with Crippen LogP contribution in [0.2, 0.25) is 0 Å². The van der Waals surface area contributed by atoms with Crippen LogP contribution in [0.3, 0.4) is 0 Å². The molecule has 0 aromatic heterocycles. The second kappa shape index (κ2) is 6.14. The predicted molar refractivity (Wildman–Crippen MR) is 81.4 cm³/mol. The van der Waals surface area contributed by atoms with E-state index < -0.39 is 6.10 Å². The lowest BCUT2D eigenvalue weighted by Crippen LogP contribution is -2.46. The van der Waals surface area contributed by atoms with Crippen molar-refractivity contribution < 1.29 is 14.3 Å². The summed E-state index contributed by atoms with van der Waals surface area (Å²) in [5, 5.41) is 2.14. The maximum atomic E-state index is 12.4. The Labute approximate surface area is 124 Å². The minimum Gasteiger partial charge on any atom is -0.480 e. The second-order valence-corrected chi connectivity index (χ2v) is 5.18. The van der Waals surface area contributed by atoms with Crippen LogP contribution in [0.25, 0.3) is 10.8 Å². The van der Waals surface area contributed by atoms with Crippen LogP contribution in [0.15, 0.2) is 42.5 Å². The summed E-state index contributed by atoms with van der Waals surface area (Å²) in [5.41, 5.74) is 0. The number of carbonyl (C=O) groups excluding carboxylic acids is 1. The third kappa shape index (κ3) is 3.00. The van der Waals surface area contributed by atoms with Gasteiger partial charge in [0.2, 0.25) is 0 Å². The van der Waals surface area contributed by atoms with Gasteiger partial charge in [0.05, 0.1) is 13.2 Å². The molecule has 1 aliphatic rings. The highest BCUT2D eigenvalue weighted by molar-refractivity contribution is 5.89. The fraction of sp³-hybridized carbons (Fsp3) is 0.353. The number of amides is 1. The fourth-order valence-electron chi connectivity index (χ4n) is 2.58. The molecule has 1 atom stereocenters. The van der Waals surface area contributed by atoms with E-state index in [9.17, 15) is 4.79 Å². The largest absolute Gasteiger partial charge is 0.480 e. The number of rotatable bonds is 3. The zero-order valence-electron chi connectivity index (χ0n) is 12.1. The van der Waals surface area contributed by atoms with Gasteiger partial charge in [0.15, 0.2) is 6.10 Å². The highest BCUT2D eigenvalue weighted by Crippen LogP contribution is 2.26. The number of hydrogen-bond donors (Lipinski definition) is 0. The number of ether oxygens (including phenoxy) is 2. The van der Waals surface area contributed by atoms with Gasteiger partial charge in [-0.1, -0.05) is 36.4 Å². The third-order valence-corrected chi connectivity index (χ3v) is 3.72. The van der Waals surface area contributed by atoms with Crippen molar-refractivity contribution in [3.8, 4) is 5.75 Å². The van der Waals surface area contributed by atoms with Gasteiger partial charge in [-0.15, -0.1) is 0 Å². The Morgan fingerprint density at radius 3 is 2.67 bits per heavy atom. The topological polar surface area (TPSA) is 38.8 Å². The van der Waals surface area contributed by atoms with Crippen molar-refractivity contribution in [1.29, 1.82) is 0 Å². The lowest BCUT2D eigenvalue weighted by molar-refractivity contribution is -0.141. The maximum absolute atomic E-state index is 12.4. The smallest absolute Gasteiger partial charge is 0.263 e. The Hall–Kier alpha value is -2.07. The summed E-state index contributed by atoms with van der Waals surface area (Å²) < 4.78 is 11.2. The molecule has 0 bridgehead atoms. The van der Waals surface area contributed by atoms with E-state index in [1.807, 2.05) is 42.5 Å². The summed E-state index contributed by atoms with van der Waals surface area (Å²) in [7, 11) is 0. The Morgan fingerprint density at radius 2 is 1.86 bits per heavy atom. The lowest BCUT2D eigenvalue weighted by Gasteiger charge is -2.29. The molecular weight excluding hydrogens is 266 g/mol. The summed E-state index contributed by atoms with van der Waals surface area (Å²) >= 11 is 0. The maximum Gasteiger partial charge on any atom is 0.263 e. The molecule has 1 saturated heterocycles. The van der Waals surface area contributed by atoms with E-state index >= 15 is 0 Å². The zero-order valence-corrected chi connectivity index (χ0v) is 12.1. The first-order valence-electron chi connectivity index (χ1n) is 7.26. The molecule has 0 radical (unpaired) electrons. The summed E-state index contributed by atoms with van der Waals surface area (Å²) in [5.74, 6) is 0.772. The van der Waals surface area contributed by atoms with Gasteiger partial charge in [0, 0.05) is 18.5 Å². The lowest BCUT2D eigenvalue weighted by atomic mass is 10.1. The van der Waals surface area contributed by atoms with Gasteiger partial charge >= 0.3 is 0 Å². The van der Waals surface area contributed by atoms with E-state index in [0.29, 0.717) is 26.3 Å². The van der Waals surface area contributed by atoms with E-state index in [4.69, 9.17) is 9.47 Å². The minimum absolute atomic E-state index is 0.0197. The zero-order chi connectivity index (χ0) is 14.7. The number of morpholine rings is 1. The molecule has 2 aromatic rings. The molecule has 0 N–H and O–H groups in total.